The first-order chi connectivity index (χ1) is 6.56. The zero-order chi connectivity index (χ0) is 10.6. The third kappa shape index (κ3) is 3.10. The van der Waals surface area contributed by atoms with Gasteiger partial charge in [0.25, 0.3) is 0 Å². The molecule has 82 valence electrons. The van der Waals surface area contributed by atoms with Gasteiger partial charge in [-0.2, -0.15) is 0 Å². The minimum atomic E-state index is 0.247. The Hall–Kier alpha value is -0.340. The Morgan fingerprint density at radius 3 is 2.43 bits per heavy atom. The predicted octanol–water partition coefficient (Wildman–Crippen LogP) is 2.45. The van der Waals surface area contributed by atoms with E-state index in [0.29, 0.717) is 0 Å². The SMILES string of the molecule is C=C(CC)CC(C)(C)N1CCOCC1. The van der Waals surface area contributed by atoms with Gasteiger partial charge in [0.05, 0.1) is 13.2 Å². The van der Waals surface area contributed by atoms with E-state index in [1.165, 1.54) is 5.57 Å². The van der Waals surface area contributed by atoms with Gasteiger partial charge in [-0.3, -0.25) is 4.90 Å². The number of hydrogen-bond acceptors (Lipinski definition) is 2. The molecule has 0 spiro atoms. The van der Waals surface area contributed by atoms with E-state index < -0.39 is 0 Å². The lowest BCUT2D eigenvalue weighted by atomic mass is 9.92. The molecular weight excluding hydrogens is 174 g/mol. The molecule has 0 amide bonds. The van der Waals surface area contributed by atoms with E-state index in [-0.39, 0.29) is 5.54 Å². The van der Waals surface area contributed by atoms with Crippen molar-refractivity contribution in [2.75, 3.05) is 26.3 Å². The van der Waals surface area contributed by atoms with Crippen molar-refractivity contribution in [2.24, 2.45) is 0 Å². The maximum absolute atomic E-state index is 5.36. The van der Waals surface area contributed by atoms with Crippen LogP contribution < -0.4 is 0 Å². The second-order valence-corrected chi connectivity index (χ2v) is 4.69. The normalized spacial score (nSPS) is 19.6. The van der Waals surface area contributed by atoms with E-state index in [2.05, 4.69) is 32.3 Å². The topological polar surface area (TPSA) is 12.5 Å². The van der Waals surface area contributed by atoms with Crippen molar-refractivity contribution < 1.29 is 4.74 Å². The Balaban J connectivity index is 2.49. The largest absolute Gasteiger partial charge is 0.379 e. The van der Waals surface area contributed by atoms with Gasteiger partial charge >= 0.3 is 0 Å². The van der Waals surface area contributed by atoms with E-state index in [9.17, 15) is 0 Å². The van der Waals surface area contributed by atoms with E-state index in [4.69, 9.17) is 4.74 Å². The fourth-order valence-corrected chi connectivity index (χ4v) is 2.02. The van der Waals surface area contributed by atoms with Gasteiger partial charge in [-0.05, 0) is 26.7 Å². The van der Waals surface area contributed by atoms with Gasteiger partial charge in [0, 0.05) is 18.6 Å². The van der Waals surface area contributed by atoms with Gasteiger partial charge in [0.15, 0.2) is 0 Å². The third-order valence-corrected chi connectivity index (χ3v) is 3.05. The van der Waals surface area contributed by atoms with Crippen LogP contribution in [0.25, 0.3) is 0 Å². The highest BCUT2D eigenvalue weighted by molar-refractivity contribution is 5.01. The summed E-state index contributed by atoms with van der Waals surface area (Å²) in [7, 11) is 0. The Labute approximate surface area is 87.9 Å². The summed E-state index contributed by atoms with van der Waals surface area (Å²) in [5, 5.41) is 0. The monoisotopic (exact) mass is 197 g/mol. The van der Waals surface area contributed by atoms with Gasteiger partial charge < -0.3 is 4.74 Å². The van der Waals surface area contributed by atoms with E-state index >= 15 is 0 Å². The summed E-state index contributed by atoms with van der Waals surface area (Å²) in [6.07, 6.45) is 2.19. The summed E-state index contributed by atoms with van der Waals surface area (Å²) in [4.78, 5) is 2.51. The van der Waals surface area contributed by atoms with E-state index in [1.807, 2.05) is 0 Å². The molecule has 0 aromatic carbocycles. The summed E-state index contributed by atoms with van der Waals surface area (Å²) in [5.74, 6) is 0. The van der Waals surface area contributed by atoms with E-state index in [0.717, 1.165) is 39.1 Å². The van der Waals surface area contributed by atoms with Crippen LogP contribution in [0.1, 0.15) is 33.6 Å². The molecule has 0 unspecified atom stereocenters. The number of hydrogen-bond donors (Lipinski definition) is 0. The average molecular weight is 197 g/mol. The Kier molecular flexibility index (Phi) is 4.14. The minimum Gasteiger partial charge on any atom is -0.379 e. The van der Waals surface area contributed by atoms with Gasteiger partial charge in [0.2, 0.25) is 0 Å². The number of nitrogens with zero attached hydrogens (tertiary/aromatic N) is 1. The molecule has 0 saturated carbocycles. The molecule has 1 aliphatic rings. The van der Waals surface area contributed by atoms with Crippen molar-refractivity contribution in [1.82, 2.24) is 4.90 Å². The molecule has 1 heterocycles. The minimum absolute atomic E-state index is 0.247. The summed E-state index contributed by atoms with van der Waals surface area (Å²) in [5.41, 5.74) is 1.60. The summed E-state index contributed by atoms with van der Waals surface area (Å²) < 4.78 is 5.36. The van der Waals surface area contributed by atoms with Crippen LogP contribution in [0.3, 0.4) is 0 Å². The van der Waals surface area contributed by atoms with Crippen LogP contribution in [0, 0.1) is 0 Å². The summed E-state index contributed by atoms with van der Waals surface area (Å²) in [6.45, 7) is 14.8. The van der Waals surface area contributed by atoms with Gasteiger partial charge in [-0.25, -0.2) is 0 Å². The lowest BCUT2D eigenvalue weighted by molar-refractivity contribution is -0.00996. The maximum Gasteiger partial charge on any atom is 0.0594 e. The average Bonchev–Trinajstić information content (AvgIpc) is 2.18. The highest BCUT2D eigenvalue weighted by Gasteiger charge is 2.28. The van der Waals surface area contributed by atoms with Gasteiger partial charge in [-0.15, -0.1) is 0 Å². The smallest absolute Gasteiger partial charge is 0.0594 e. The molecule has 0 aliphatic carbocycles. The summed E-state index contributed by atoms with van der Waals surface area (Å²) >= 11 is 0. The van der Waals surface area contributed by atoms with Gasteiger partial charge in [-0.1, -0.05) is 19.1 Å². The fourth-order valence-electron chi connectivity index (χ4n) is 2.02. The molecule has 2 heteroatoms. The molecule has 0 atom stereocenters. The number of rotatable bonds is 4. The Bertz CT molecular complexity index is 192. The highest BCUT2D eigenvalue weighted by Crippen LogP contribution is 2.24. The molecule has 1 rings (SSSR count). The molecular formula is C12H23NO. The van der Waals surface area contributed by atoms with Crippen LogP contribution in [-0.4, -0.2) is 36.7 Å². The quantitative estimate of drug-likeness (QED) is 0.642. The van der Waals surface area contributed by atoms with Crippen LogP contribution in [0.2, 0.25) is 0 Å². The van der Waals surface area contributed by atoms with Crippen LogP contribution in [0.5, 0.6) is 0 Å². The molecule has 1 fully saturated rings. The third-order valence-electron chi connectivity index (χ3n) is 3.05. The maximum atomic E-state index is 5.36. The molecule has 0 radical (unpaired) electrons. The number of ether oxygens (including phenoxy) is 1. The molecule has 0 N–H and O–H groups in total. The van der Waals surface area contributed by atoms with Crippen molar-refractivity contribution in [3.63, 3.8) is 0 Å². The molecule has 1 saturated heterocycles. The summed E-state index contributed by atoms with van der Waals surface area (Å²) in [6, 6.07) is 0. The van der Waals surface area contributed by atoms with E-state index in [1.54, 1.807) is 0 Å². The first-order valence-electron chi connectivity index (χ1n) is 5.55. The standard InChI is InChI=1S/C12H23NO/c1-5-11(2)10-12(3,4)13-6-8-14-9-7-13/h2,5-10H2,1,3-4H3. The van der Waals surface area contributed by atoms with Crippen molar-refractivity contribution >= 4 is 0 Å². The van der Waals surface area contributed by atoms with Crippen molar-refractivity contribution in [1.29, 1.82) is 0 Å². The second-order valence-electron chi connectivity index (χ2n) is 4.69. The molecule has 0 aromatic heterocycles. The second kappa shape index (κ2) is 4.94. The molecule has 0 aromatic rings. The van der Waals surface area contributed by atoms with Crippen LogP contribution in [0.15, 0.2) is 12.2 Å². The highest BCUT2D eigenvalue weighted by atomic mass is 16.5. The number of morpholine rings is 1. The van der Waals surface area contributed by atoms with Gasteiger partial charge in [0.1, 0.15) is 0 Å². The van der Waals surface area contributed by atoms with Crippen LogP contribution in [0.4, 0.5) is 0 Å². The van der Waals surface area contributed by atoms with Crippen molar-refractivity contribution in [3.8, 4) is 0 Å². The van der Waals surface area contributed by atoms with Crippen molar-refractivity contribution in [3.05, 3.63) is 12.2 Å². The lowest BCUT2D eigenvalue weighted by Crippen LogP contribution is -2.49. The van der Waals surface area contributed by atoms with Crippen LogP contribution in [-0.2, 0) is 4.74 Å². The first kappa shape index (κ1) is 11.7. The molecule has 1 aliphatic heterocycles. The van der Waals surface area contributed by atoms with Crippen molar-refractivity contribution in [2.45, 2.75) is 39.2 Å². The zero-order valence-corrected chi connectivity index (χ0v) is 9.81. The predicted molar refractivity (Wildman–Crippen MR) is 60.5 cm³/mol. The van der Waals surface area contributed by atoms with Crippen LogP contribution >= 0.6 is 0 Å². The fraction of sp³-hybridized carbons (Fsp3) is 0.833. The lowest BCUT2D eigenvalue weighted by Gasteiger charge is -2.41. The zero-order valence-electron chi connectivity index (χ0n) is 9.81. The molecule has 14 heavy (non-hydrogen) atoms. The Morgan fingerprint density at radius 2 is 1.93 bits per heavy atom. The molecule has 0 bridgehead atoms. The molecule has 2 nitrogen and oxygen atoms in total. The first-order valence-corrected chi connectivity index (χ1v) is 5.55. The Morgan fingerprint density at radius 1 is 1.36 bits per heavy atom.